The summed E-state index contributed by atoms with van der Waals surface area (Å²) in [5.74, 6) is -0.822. The van der Waals surface area contributed by atoms with Gasteiger partial charge in [0, 0.05) is 11.8 Å². The first-order valence-corrected chi connectivity index (χ1v) is 8.39. The van der Waals surface area contributed by atoms with Gasteiger partial charge in [-0.3, -0.25) is 4.79 Å². The van der Waals surface area contributed by atoms with E-state index in [9.17, 15) is 13.2 Å². The lowest BCUT2D eigenvalue weighted by Crippen LogP contribution is -2.12. The molecule has 0 saturated heterocycles. The van der Waals surface area contributed by atoms with Gasteiger partial charge in [-0.2, -0.15) is 5.26 Å². The lowest BCUT2D eigenvalue weighted by atomic mass is 10.1. The lowest BCUT2D eigenvalue weighted by Gasteiger charge is -2.04. The first-order valence-electron chi connectivity index (χ1n) is 6.50. The van der Waals surface area contributed by atoms with E-state index in [1.54, 1.807) is 36.4 Å². The van der Waals surface area contributed by atoms with E-state index in [4.69, 9.17) is 11.0 Å². The molecule has 1 heterocycles. The van der Waals surface area contributed by atoms with E-state index >= 15 is 0 Å². The van der Waals surface area contributed by atoms with E-state index in [0.717, 1.165) is 6.26 Å². The molecule has 0 aliphatic heterocycles. The number of nitrogens with zero attached hydrogens (tertiary/aromatic N) is 2. The molecule has 1 aromatic heterocycles. The van der Waals surface area contributed by atoms with Crippen LogP contribution in [0.25, 0.3) is 17.3 Å². The molecule has 2 aromatic rings. The Morgan fingerprint density at radius 3 is 2.39 bits per heavy atom. The number of hydrogen-bond donors (Lipinski definition) is 1. The van der Waals surface area contributed by atoms with Gasteiger partial charge in [-0.15, -0.1) is 0 Å². The maximum atomic E-state index is 11.5. The quantitative estimate of drug-likeness (QED) is 0.676. The third-order valence-corrected chi connectivity index (χ3v) is 4.16. The summed E-state index contributed by atoms with van der Waals surface area (Å²) in [5, 5.41) is 8.85. The zero-order chi connectivity index (χ0) is 17.0. The third-order valence-electron chi connectivity index (χ3n) is 3.03. The molecule has 0 spiro atoms. The SMILES string of the molecule is CS(=O)(=O)c1ccc(-c2cccc(/C=C(\C#N)C(N)=O)n2)cc1. The van der Waals surface area contributed by atoms with Gasteiger partial charge in [0.1, 0.15) is 11.6 Å². The van der Waals surface area contributed by atoms with Crippen LogP contribution in [0.15, 0.2) is 52.9 Å². The fourth-order valence-corrected chi connectivity index (χ4v) is 2.50. The molecular formula is C16H13N3O3S. The molecule has 2 N–H and O–H groups in total. The molecule has 0 aliphatic carbocycles. The molecule has 0 aliphatic rings. The lowest BCUT2D eigenvalue weighted by molar-refractivity contribution is -0.114. The molecule has 0 atom stereocenters. The van der Waals surface area contributed by atoms with Gasteiger partial charge in [0.2, 0.25) is 0 Å². The molecule has 23 heavy (non-hydrogen) atoms. The fraction of sp³-hybridized carbons (Fsp3) is 0.0625. The minimum atomic E-state index is -3.26. The molecule has 0 unspecified atom stereocenters. The summed E-state index contributed by atoms with van der Waals surface area (Å²) in [4.78, 5) is 15.6. The van der Waals surface area contributed by atoms with E-state index < -0.39 is 15.7 Å². The predicted octanol–water partition coefficient (Wildman–Crippen LogP) is 1.54. The summed E-state index contributed by atoms with van der Waals surface area (Å²) in [6, 6.07) is 13.1. The number of carbonyl (C=O) groups is 1. The van der Waals surface area contributed by atoms with Gasteiger partial charge in [-0.05, 0) is 30.3 Å². The van der Waals surface area contributed by atoms with Crippen LogP contribution in [-0.4, -0.2) is 25.6 Å². The van der Waals surface area contributed by atoms with Gasteiger partial charge in [0.15, 0.2) is 9.84 Å². The number of benzene rings is 1. The monoisotopic (exact) mass is 327 g/mol. The molecule has 0 saturated carbocycles. The van der Waals surface area contributed by atoms with E-state index in [1.165, 1.54) is 18.2 Å². The summed E-state index contributed by atoms with van der Waals surface area (Å²) < 4.78 is 22.9. The van der Waals surface area contributed by atoms with Crippen LogP contribution >= 0.6 is 0 Å². The van der Waals surface area contributed by atoms with Crippen LogP contribution in [0.4, 0.5) is 0 Å². The molecule has 0 bridgehead atoms. The average molecular weight is 327 g/mol. The Hall–Kier alpha value is -2.98. The van der Waals surface area contributed by atoms with Gasteiger partial charge in [-0.25, -0.2) is 13.4 Å². The maximum Gasteiger partial charge on any atom is 0.259 e. The van der Waals surface area contributed by atoms with Crippen molar-refractivity contribution in [2.75, 3.05) is 6.26 Å². The minimum absolute atomic E-state index is 0.193. The number of primary amides is 1. The third kappa shape index (κ3) is 4.02. The Morgan fingerprint density at radius 2 is 1.87 bits per heavy atom. The number of amides is 1. The molecule has 1 aromatic carbocycles. The topological polar surface area (TPSA) is 114 Å². The van der Waals surface area contributed by atoms with Crippen molar-refractivity contribution < 1.29 is 13.2 Å². The van der Waals surface area contributed by atoms with Gasteiger partial charge in [-0.1, -0.05) is 18.2 Å². The average Bonchev–Trinajstić information content (AvgIpc) is 2.52. The molecule has 0 fully saturated rings. The highest BCUT2D eigenvalue weighted by atomic mass is 32.2. The highest BCUT2D eigenvalue weighted by molar-refractivity contribution is 7.90. The molecule has 116 valence electrons. The summed E-state index contributed by atoms with van der Waals surface area (Å²) in [6.07, 6.45) is 2.44. The zero-order valence-electron chi connectivity index (χ0n) is 12.2. The Labute approximate surface area is 133 Å². The van der Waals surface area contributed by atoms with E-state index in [-0.39, 0.29) is 10.5 Å². The van der Waals surface area contributed by atoms with Crippen LogP contribution in [0.2, 0.25) is 0 Å². The van der Waals surface area contributed by atoms with Crippen LogP contribution < -0.4 is 5.73 Å². The van der Waals surface area contributed by atoms with Gasteiger partial charge >= 0.3 is 0 Å². The van der Waals surface area contributed by atoms with Crippen molar-refractivity contribution in [1.82, 2.24) is 4.98 Å². The standard InChI is InChI=1S/C16H13N3O3S/c1-23(21,22)14-7-5-11(6-8-14)15-4-2-3-13(19-15)9-12(10-17)16(18)20/h2-9H,1H3,(H2,18,20)/b12-9+. The number of hydrogen-bond acceptors (Lipinski definition) is 5. The molecule has 7 heteroatoms. The molecular weight excluding hydrogens is 314 g/mol. The summed E-state index contributed by atoms with van der Waals surface area (Å²) in [7, 11) is -3.26. The molecule has 0 radical (unpaired) electrons. The van der Waals surface area contributed by atoms with Crippen LogP contribution in [-0.2, 0) is 14.6 Å². The Bertz CT molecular complexity index is 924. The summed E-state index contributed by atoms with van der Waals surface area (Å²) in [6.45, 7) is 0. The molecule has 2 rings (SSSR count). The highest BCUT2D eigenvalue weighted by Gasteiger charge is 2.08. The predicted molar refractivity (Wildman–Crippen MR) is 85.6 cm³/mol. The maximum absolute atomic E-state index is 11.5. The number of carbonyl (C=O) groups excluding carboxylic acids is 1. The molecule has 6 nitrogen and oxygen atoms in total. The van der Waals surface area contributed by atoms with Crippen LogP contribution in [0.5, 0.6) is 0 Å². The second kappa shape index (κ2) is 6.42. The van der Waals surface area contributed by atoms with Crippen molar-refractivity contribution in [2.45, 2.75) is 4.90 Å². The largest absolute Gasteiger partial charge is 0.365 e. The number of nitrogens with two attached hydrogens (primary N) is 1. The number of pyridine rings is 1. The van der Waals surface area contributed by atoms with Gasteiger partial charge in [0.05, 0.1) is 16.3 Å². The van der Waals surface area contributed by atoms with Crippen LogP contribution in [0.3, 0.4) is 0 Å². The van der Waals surface area contributed by atoms with E-state index in [2.05, 4.69) is 4.98 Å². The highest BCUT2D eigenvalue weighted by Crippen LogP contribution is 2.20. The van der Waals surface area contributed by atoms with Gasteiger partial charge in [0.25, 0.3) is 5.91 Å². The first kappa shape index (κ1) is 16.4. The van der Waals surface area contributed by atoms with Gasteiger partial charge < -0.3 is 5.73 Å². The number of rotatable bonds is 4. The first-order chi connectivity index (χ1) is 10.8. The smallest absolute Gasteiger partial charge is 0.259 e. The number of nitriles is 1. The van der Waals surface area contributed by atoms with Crippen molar-refractivity contribution in [2.24, 2.45) is 5.73 Å². The van der Waals surface area contributed by atoms with E-state index in [1.807, 2.05) is 0 Å². The Balaban J connectivity index is 2.41. The molecule has 1 amide bonds. The van der Waals surface area contributed by atoms with E-state index in [0.29, 0.717) is 17.0 Å². The van der Waals surface area contributed by atoms with Crippen molar-refractivity contribution in [3.05, 3.63) is 53.7 Å². The normalized spacial score (nSPS) is 11.7. The second-order valence-corrected chi connectivity index (χ2v) is 6.79. The number of sulfone groups is 1. The van der Waals surface area contributed by atoms with Crippen molar-refractivity contribution in [1.29, 1.82) is 5.26 Å². The Morgan fingerprint density at radius 1 is 1.22 bits per heavy atom. The number of aromatic nitrogens is 1. The van der Waals surface area contributed by atoms with Crippen molar-refractivity contribution in [3.8, 4) is 17.3 Å². The van der Waals surface area contributed by atoms with Crippen LogP contribution in [0, 0.1) is 11.3 Å². The van der Waals surface area contributed by atoms with Crippen LogP contribution in [0.1, 0.15) is 5.69 Å². The Kier molecular flexibility index (Phi) is 4.57. The summed E-state index contributed by atoms with van der Waals surface area (Å²) in [5.41, 5.74) is 6.60. The van der Waals surface area contributed by atoms with Crippen molar-refractivity contribution >= 4 is 21.8 Å². The zero-order valence-corrected chi connectivity index (χ0v) is 13.0. The summed E-state index contributed by atoms with van der Waals surface area (Å²) >= 11 is 0. The second-order valence-electron chi connectivity index (χ2n) is 4.78. The fourth-order valence-electron chi connectivity index (χ4n) is 1.87. The van der Waals surface area contributed by atoms with Crippen molar-refractivity contribution in [3.63, 3.8) is 0 Å². The minimum Gasteiger partial charge on any atom is -0.365 e.